The molecular formula is C24H26O7. The second-order valence-electron chi connectivity index (χ2n) is 11.1. The third kappa shape index (κ3) is 1.83. The molecule has 2 saturated heterocycles. The van der Waals surface area contributed by atoms with Crippen LogP contribution in [-0.2, 0) is 33.3 Å². The lowest BCUT2D eigenvalue weighted by Gasteiger charge is -2.52. The van der Waals surface area contributed by atoms with Crippen molar-refractivity contribution in [2.24, 2.45) is 22.7 Å². The number of fused-ring (bicyclic) bond motifs is 3. The van der Waals surface area contributed by atoms with Crippen molar-refractivity contribution in [3.63, 3.8) is 0 Å². The Balaban J connectivity index is 1.52. The van der Waals surface area contributed by atoms with Crippen molar-refractivity contribution in [2.45, 2.75) is 70.7 Å². The highest BCUT2D eigenvalue weighted by molar-refractivity contribution is 5.88. The van der Waals surface area contributed by atoms with Crippen LogP contribution in [0.5, 0.6) is 0 Å². The fourth-order valence-electron chi connectivity index (χ4n) is 7.46. The summed E-state index contributed by atoms with van der Waals surface area (Å²) in [6, 6.07) is 0. The largest absolute Gasteiger partial charge is 0.487 e. The molecule has 2 aliphatic carbocycles. The summed E-state index contributed by atoms with van der Waals surface area (Å²) in [5.74, 6) is 0.0295. The minimum atomic E-state index is -0.792. The minimum Gasteiger partial charge on any atom is -0.487 e. The standard InChI is InChI=1S/C24H26O7/c1-10-18-16-17-19(28-10)30-20(26)22(17,4)8-13-23(16,5)14(29-18)6-11-12(24(13)9-27-24)7-15(25)31-21(11,2)3/h6-7,10,13-14,17,19H,8-9H2,1-5H3/t10-,13-,14+,17-,19-,22-,23-,24+/m1/s1. The summed E-state index contributed by atoms with van der Waals surface area (Å²) in [5, 5.41) is 0. The molecule has 0 aromatic heterocycles. The Kier molecular flexibility index (Phi) is 2.94. The Morgan fingerprint density at radius 1 is 1.06 bits per heavy atom. The van der Waals surface area contributed by atoms with Gasteiger partial charge in [-0.15, -0.1) is 0 Å². The van der Waals surface area contributed by atoms with Gasteiger partial charge in [-0.2, -0.15) is 0 Å². The molecule has 0 radical (unpaired) electrons. The van der Waals surface area contributed by atoms with Crippen molar-refractivity contribution in [3.05, 3.63) is 34.6 Å². The van der Waals surface area contributed by atoms with Crippen LogP contribution < -0.4 is 0 Å². The molecule has 0 bridgehead atoms. The van der Waals surface area contributed by atoms with Crippen LogP contribution in [-0.4, -0.2) is 48.2 Å². The fraction of sp³-hybridized carbons (Fsp3) is 0.667. The molecule has 1 spiro atoms. The highest BCUT2D eigenvalue weighted by atomic mass is 16.7. The molecule has 7 heteroatoms. The van der Waals surface area contributed by atoms with Gasteiger partial charge in [-0.1, -0.05) is 6.92 Å². The zero-order valence-corrected chi connectivity index (χ0v) is 18.3. The monoisotopic (exact) mass is 426 g/mol. The number of cyclic esters (lactones) is 1. The normalized spacial score (nSPS) is 52.4. The van der Waals surface area contributed by atoms with E-state index >= 15 is 0 Å². The zero-order chi connectivity index (χ0) is 21.7. The van der Waals surface area contributed by atoms with Crippen LogP contribution in [0.15, 0.2) is 34.6 Å². The Hall–Kier alpha value is -2.12. The van der Waals surface area contributed by atoms with Crippen molar-refractivity contribution < 1.29 is 33.3 Å². The number of ether oxygens (including phenoxy) is 5. The van der Waals surface area contributed by atoms with Crippen molar-refractivity contribution in [1.82, 2.24) is 0 Å². The van der Waals surface area contributed by atoms with E-state index in [2.05, 4.69) is 13.0 Å². The second-order valence-corrected chi connectivity index (χ2v) is 11.1. The maximum absolute atomic E-state index is 13.1. The van der Waals surface area contributed by atoms with Gasteiger partial charge in [-0.05, 0) is 45.8 Å². The van der Waals surface area contributed by atoms with E-state index in [1.807, 2.05) is 27.7 Å². The third-order valence-corrected chi connectivity index (χ3v) is 9.06. The summed E-state index contributed by atoms with van der Waals surface area (Å²) in [5.41, 5.74) is 0.415. The maximum atomic E-state index is 13.1. The summed E-state index contributed by atoms with van der Waals surface area (Å²) in [7, 11) is 0. The number of carbonyl (C=O) groups excluding carboxylic acids is 2. The van der Waals surface area contributed by atoms with E-state index in [-0.39, 0.29) is 36.0 Å². The van der Waals surface area contributed by atoms with Crippen LogP contribution in [0.1, 0.15) is 41.0 Å². The van der Waals surface area contributed by atoms with E-state index in [9.17, 15) is 9.59 Å². The van der Waals surface area contributed by atoms with Gasteiger partial charge in [0.05, 0.1) is 17.9 Å². The Labute approximate surface area is 180 Å². The smallest absolute Gasteiger partial charge is 0.332 e. The minimum absolute atomic E-state index is 0.0444. The summed E-state index contributed by atoms with van der Waals surface area (Å²) >= 11 is 0. The van der Waals surface area contributed by atoms with Crippen LogP contribution in [0.4, 0.5) is 0 Å². The first-order valence-corrected chi connectivity index (χ1v) is 11.1. The quantitative estimate of drug-likeness (QED) is 0.435. The highest BCUT2D eigenvalue weighted by Crippen LogP contribution is 2.73. The molecule has 8 atom stereocenters. The molecule has 5 aliphatic heterocycles. The van der Waals surface area contributed by atoms with E-state index in [4.69, 9.17) is 23.7 Å². The maximum Gasteiger partial charge on any atom is 0.332 e. The molecule has 0 unspecified atom stereocenters. The lowest BCUT2D eigenvalue weighted by atomic mass is 9.48. The first-order chi connectivity index (χ1) is 14.5. The predicted octanol–water partition coefficient (Wildman–Crippen LogP) is 2.56. The average molecular weight is 426 g/mol. The van der Waals surface area contributed by atoms with Gasteiger partial charge >= 0.3 is 11.9 Å². The van der Waals surface area contributed by atoms with Crippen LogP contribution in [0.25, 0.3) is 0 Å². The van der Waals surface area contributed by atoms with Gasteiger partial charge < -0.3 is 23.7 Å². The van der Waals surface area contributed by atoms with Gasteiger partial charge in [0.1, 0.15) is 29.2 Å². The van der Waals surface area contributed by atoms with Gasteiger partial charge in [0, 0.05) is 28.6 Å². The van der Waals surface area contributed by atoms with Gasteiger partial charge in [0.15, 0.2) is 0 Å². The number of epoxide rings is 1. The molecule has 0 amide bonds. The first kappa shape index (κ1) is 18.5. The van der Waals surface area contributed by atoms with E-state index in [0.717, 1.165) is 22.5 Å². The molecule has 0 aromatic carbocycles. The summed E-state index contributed by atoms with van der Waals surface area (Å²) in [6.45, 7) is 10.5. The van der Waals surface area contributed by atoms with Gasteiger partial charge in [-0.3, -0.25) is 4.79 Å². The van der Waals surface area contributed by atoms with Crippen molar-refractivity contribution in [1.29, 1.82) is 0 Å². The van der Waals surface area contributed by atoms with Crippen LogP contribution >= 0.6 is 0 Å². The lowest BCUT2D eigenvalue weighted by Crippen LogP contribution is -2.56. The molecule has 7 nitrogen and oxygen atoms in total. The summed E-state index contributed by atoms with van der Waals surface area (Å²) < 4.78 is 30.4. The Bertz CT molecular complexity index is 1080. The Morgan fingerprint density at radius 2 is 1.81 bits per heavy atom. The summed E-state index contributed by atoms with van der Waals surface area (Å²) in [6.07, 6.45) is 3.16. The van der Waals surface area contributed by atoms with Crippen LogP contribution in [0.3, 0.4) is 0 Å². The van der Waals surface area contributed by atoms with Gasteiger partial charge in [0.25, 0.3) is 0 Å². The molecule has 5 heterocycles. The topological polar surface area (TPSA) is 83.6 Å². The molecular weight excluding hydrogens is 400 g/mol. The number of hydrogen-bond donors (Lipinski definition) is 0. The number of rotatable bonds is 0. The molecule has 164 valence electrons. The van der Waals surface area contributed by atoms with Gasteiger partial charge in [0.2, 0.25) is 6.29 Å². The predicted molar refractivity (Wildman–Crippen MR) is 105 cm³/mol. The van der Waals surface area contributed by atoms with Gasteiger partial charge in [-0.25, -0.2) is 4.79 Å². The second kappa shape index (κ2) is 4.94. The molecule has 7 rings (SSSR count). The number of carbonyl (C=O) groups is 2. The zero-order valence-electron chi connectivity index (χ0n) is 18.3. The molecule has 1 saturated carbocycles. The van der Waals surface area contributed by atoms with Crippen molar-refractivity contribution in [2.75, 3.05) is 6.61 Å². The molecule has 0 N–H and O–H groups in total. The molecule has 7 aliphatic rings. The number of hydrogen-bond acceptors (Lipinski definition) is 7. The van der Waals surface area contributed by atoms with E-state index < -0.39 is 28.3 Å². The lowest BCUT2D eigenvalue weighted by molar-refractivity contribution is -0.179. The van der Waals surface area contributed by atoms with Crippen LogP contribution in [0.2, 0.25) is 0 Å². The van der Waals surface area contributed by atoms with E-state index in [1.54, 1.807) is 6.08 Å². The molecule has 0 aromatic rings. The molecule has 31 heavy (non-hydrogen) atoms. The van der Waals surface area contributed by atoms with E-state index in [1.165, 1.54) is 0 Å². The number of esters is 2. The first-order valence-electron chi connectivity index (χ1n) is 11.1. The van der Waals surface area contributed by atoms with Crippen molar-refractivity contribution in [3.8, 4) is 0 Å². The van der Waals surface area contributed by atoms with Crippen molar-refractivity contribution >= 4 is 11.9 Å². The van der Waals surface area contributed by atoms with E-state index in [0.29, 0.717) is 13.0 Å². The molecule has 3 fully saturated rings. The third-order valence-electron chi connectivity index (χ3n) is 9.06. The summed E-state index contributed by atoms with van der Waals surface area (Å²) in [4.78, 5) is 25.6. The fourth-order valence-corrected chi connectivity index (χ4v) is 7.46. The SMILES string of the molecule is C[C@H]1O[C@@H]2OC(=O)[C@]3(C)C[C@@H]4[C@@]5(C)C(=C1O[C@H]5C=C1C(=CC(=O)OC1(C)C)[C@@]41CO1)[C@H]23. The highest BCUT2D eigenvalue weighted by Gasteiger charge is 2.77. The average Bonchev–Trinajstić information content (AvgIpc) is 3.37. The van der Waals surface area contributed by atoms with Crippen LogP contribution in [0, 0.1) is 22.7 Å². The Morgan fingerprint density at radius 3 is 2.52 bits per heavy atom.